The number of phenols is 1. The molecule has 0 aliphatic rings. The van der Waals surface area contributed by atoms with E-state index in [1.807, 2.05) is 0 Å². The number of aryl methyl sites for hydroxylation is 1. The SMILES string of the molecule is CCC(Oc1ccc2c(NC(N)=O)c(C(=O)c3ccc(O)cc3C)oc2c1)C(O)CO. The Morgan fingerprint density at radius 3 is 2.58 bits per heavy atom. The maximum Gasteiger partial charge on any atom is 0.316 e. The zero-order valence-corrected chi connectivity index (χ0v) is 17.1. The van der Waals surface area contributed by atoms with Crippen LogP contribution in [-0.4, -0.2) is 45.9 Å². The molecule has 2 atom stereocenters. The first-order valence-corrected chi connectivity index (χ1v) is 9.68. The summed E-state index contributed by atoms with van der Waals surface area (Å²) in [5.74, 6) is -0.248. The lowest BCUT2D eigenvalue weighted by Crippen LogP contribution is -2.33. The summed E-state index contributed by atoms with van der Waals surface area (Å²) in [6, 6.07) is 8.14. The van der Waals surface area contributed by atoms with Crippen molar-refractivity contribution < 1.29 is 34.1 Å². The molecule has 9 nitrogen and oxygen atoms in total. The lowest BCUT2D eigenvalue weighted by molar-refractivity contribution is -0.00207. The highest BCUT2D eigenvalue weighted by Crippen LogP contribution is 2.35. The van der Waals surface area contributed by atoms with Gasteiger partial charge < -0.3 is 35.5 Å². The third kappa shape index (κ3) is 4.62. The minimum atomic E-state index is -1.06. The van der Waals surface area contributed by atoms with Gasteiger partial charge in [-0.3, -0.25) is 4.79 Å². The molecule has 0 fully saturated rings. The van der Waals surface area contributed by atoms with Gasteiger partial charge in [-0.1, -0.05) is 6.92 Å². The predicted octanol–water partition coefficient (Wildman–Crippen LogP) is 2.68. The predicted molar refractivity (Wildman–Crippen MR) is 113 cm³/mol. The van der Waals surface area contributed by atoms with Crippen LogP contribution in [0.1, 0.15) is 35.0 Å². The number of carbonyl (C=O) groups excluding carboxylic acids is 2. The molecule has 6 N–H and O–H groups in total. The highest BCUT2D eigenvalue weighted by molar-refractivity contribution is 6.17. The number of carbonyl (C=O) groups is 2. The van der Waals surface area contributed by atoms with Crippen LogP contribution in [0.4, 0.5) is 10.5 Å². The maximum atomic E-state index is 13.1. The Bertz CT molecular complexity index is 1120. The largest absolute Gasteiger partial charge is 0.508 e. The number of anilines is 1. The highest BCUT2D eigenvalue weighted by Gasteiger charge is 2.25. The maximum absolute atomic E-state index is 13.1. The summed E-state index contributed by atoms with van der Waals surface area (Å²) in [5.41, 5.74) is 6.48. The molecule has 3 aromatic rings. The monoisotopic (exact) mass is 428 g/mol. The molecule has 0 radical (unpaired) electrons. The van der Waals surface area contributed by atoms with Gasteiger partial charge in [0.15, 0.2) is 5.76 Å². The molecular formula is C22H24N2O7. The second kappa shape index (κ2) is 9.07. The lowest BCUT2D eigenvalue weighted by Gasteiger charge is -2.21. The molecule has 0 saturated carbocycles. The Morgan fingerprint density at radius 2 is 1.97 bits per heavy atom. The van der Waals surface area contributed by atoms with Gasteiger partial charge in [-0.2, -0.15) is 0 Å². The molecule has 2 aromatic carbocycles. The smallest absolute Gasteiger partial charge is 0.316 e. The number of hydrogen-bond acceptors (Lipinski definition) is 7. The fourth-order valence-electron chi connectivity index (χ4n) is 3.31. The molecule has 0 aliphatic heterocycles. The Morgan fingerprint density at radius 1 is 1.23 bits per heavy atom. The normalized spacial score (nSPS) is 13.0. The third-order valence-corrected chi connectivity index (χ3v) is 4.88. The third-order valence-electron chi connectivity index (χ3n) is 4.88. The number of aliphatic hydroxyl groups excluding tert-OH is 2. The van der Waals surface area contributed by atoms with Crippen LogP contribution in [0, 0.1) is 6.92 Å². The van der Waals surface area contributed by atoms with Gasteiger partial charge in [-0.05, 0) is 49.2 Å². The van der Waals surface area contributed by atoms with E-state index < -0.39 is 30.6 Å². The van der Waals surface area contributed by atoms with Crippen molar-refractivity contribution in [2.45, 2.75) is 32.5 Å². The van der Waals surface area contributed by atoms with Crippen molar-refractivity contribution in [1.29, 1.82) is 0 Å². The van der Waals surface area contributed by atoms with Crippen LogP contribution < -0.4 is 15.8 Å². The van der Waals surface area contributed by atoms with E-state index in [0.29, 0.717) is 23.1 Å². The fraction of sp³-hybridized carbons (Fsp3) is 0.273. The van der Waals surface area contributed by atoms with Crippen LogP contribution in [0.25, 0.3) is 11.0 Å². The van der Waals surface area contributed by atoms with Crippen LogP contribution in [0.5, 0.6) is 11.5 Å². The van der Waals surface area contributed by atoms with E-state index in [2.05, 4.69) is 5.32 Å². The average molecular weight is 428 g/mol. The Labute approximate surface area is 178 Å². The molecule has 31 heavy (non-hydrogen) atoms. The topological polar surface area (TPSA) is 155 Å². The summed E-state index contributed by atoms with van der Waals surface area (Å²) in [6.07, 6.45) is -1.24. The Kier molecular flexibility index (Phi) is 6.47. The van der Waals surface area contributed by atoms with Crippen molar-refractivity contribution in [3.05, 3.63) is 53.3 Å². The molecule has 0 spiro atoms. The standard InChI is InChI=1S/C22H24N2O7/c1-3-17(16(27)10-25)30-13-5-7-15-18(9-13)31-21(19(15)24-22(23)29)20(28)14-6-4-12(26)8-11(14)2/h4-9,16-17,25-27H,3,10H2,1-2H3,(H3,23,24,29). The van der Waals surface area contributed by atoms with Gasteiger partial charge in [0.05, 0.1) is 6.61 Å². The van der Waals surface area contributed by atoms with E-state index in [0.717, 1.165) is 0 Å². The van der Waals surface area contributed by atoms with E-state index in [1.54, 1.807) is 26.0 Å². The van der Waals surface area contributed by atoms with E-state index in [9.17, 15) is 19.8 Å². The zero-order chi connectivity index (χ0) is 22.7. The summed E-state index contributed by atoms with van der Waals surface area (Å²) in [4.78, 5) is 24.7. The quantitative estimate of drug-likeness (QED) is 0.345. The number of urea groups is 1. The number of amides is 2. The summed E-state index contributed by atoms with van der Waals surface area (Å²) < 4.78 is 11.5. The Hall–Kier alpha value is -3.56. The van der Waals surface area contributed by atoms with Gasteiger partial charge in [0.25, 0.3) is 0 Å². The van der Waals surface area contributed by atoms with Gasteiger partial charge in [0, 0.05) is 17.0 Å². The number of aromatic hydroxyl groups is 1. The number of furan rings is 1. The number of rotatable bonds is 8. The van der Waals surface area contributed by atoms with E-state index in [-0.39, 0.29) is 28.3 Å². The van der Waals surface area contributed by atoms with Gasteiger partial charge in [-0.15, -0.1) is 0 Å². The number of primary amides is 1. The number of fused-ring (bicyclic) bond motifs is 1. The van der Waals surface area contributed by atoms with Gasteiger partial charge in [0.1, 0.15) is 35.0 Å². The summed E-state index contributed by atoms with van der Waals surface area (Å²) in [6.45, 7) is 3.03. The molecule has 1 heterocycles. The molecular weight excluding hydrogens is 404 g/mol. The number of hydrogen-bond donors (Lipinski definition) is 5. The van der Waals surface area contributed by atoms with Crippen molar-refractivity contribution in [2.24, 2.45) is 5.73 Å². The zero-order valence-electron chi connectivity index (χ0n) is 17.1. The molecule has 0 saturated heterocycles. The van der Waals surface area contributed by atoms with Crippen LogP contribution in [0.15, 0.2) is 40.8 Å². The molecule has 2 unspecified atom stereocenters. The van der Waals surface area contributed by atoms with E-state index >= 15 is 0 Å². The summed E-state index contributed by atoms with van der Waals surface area (Å²) in [5, 5.41) is 31.5. The molecule has 0 bridgehead atoms. The molecule has 0 aliphatic carbocycles. The second-order valence-corrected chi connectivity index (χ2v) is 7.10. The van der Waals surface area contributed by atoms with Crippen LogP contribution in [0.3, 0.4) is 0 Å². The molecule has 3 rings (SSSR count). The molecule has 9 heteroatoms. The highest BCUT2D eigenvalue weighted by atomic mass is 16.5. The van der Waals surface area contributed by atoms with Crippen LogP contribution in [-0.2, 0) is 0 Å². The molecule has 164 valence electrons. The number of benzene rings is 2. The summed E-state index contributed by atoms with van der Waals surface area (Å²) >= 11 is 0. The van der Waals surface area contributed by atoms with E-state index in [1.165, 1.54) is 24.3 Å². The van der Waals surface area contributed by atoms with Gasteiger partial charge in [0.2, 0.25) is 5.78 Å². The summed E-state index contributed by atoms with van der Waals surface area (Å²) in [7, 11) is 0. The van der Waals surface area contributed by atoms with Crippen LogP contribution in [0.2, 0.25) is 0 Å². The van der Waals surface area contributed by atoms with Crippen molar-refractivity contribution in [3.63, 3.8) is 0 Å². The fourth-order valence-corrected chi connectivity index (χ4v) is 3.31. The number of ether oxygens (including phenoxy) is 1. The van der Waals surface area contributed by atoms with Gasteiger partial charge in [-0.25, -0.2) is 4.79 Å². The van der Waals surface area contributed by atoms with Crippen LogP contribution >= 0.6 is 0 Å². The number of aliphatic hydroxyl groups is 2. The first-order chi connectivity index (χ1) is 14.7. The average Bonchev–Trinajstić information content (AvgIpc) is 3.08. The lowest BCUT2D eigenvalue weighted by atomic mass is 10.0. The van der Waals surface area contributed by atoms with Gasteiger partial charge >= 0.3 is 6.03 Å². The van der Waals surface area contributed by atoms with Crippen molar-refractivity contribution in [3.8, 4) is 11.5 Å². The number of phenolic OH excluding ortho intramolecular Hbond substituents is 1. The number of ketones is 1. The van der Waals surface area contributed by atoms with Crippen molar-refractivity contribution in [1.82, 2.24) is 0 Å². The second-order valence-electron chi connectivity index (χ2n) is 7.10. The molecule has 2 amide bonds. The first kappa shape index (κ1) is 22.1. The first-order valence-electron chi connectivity index (χ1n) is 9.68. The number of nitrogens with two attached hydrogens (primary N) is 1. The number of nitrogens with one attached hydrogen (secondary N) is 1. The Balaban J connectivity index is 2.06. The minimum Gasteiger partial charge on any atom is -0.508 e. The van der Waals surface area contributed by atoms with Crippen molar-refractivity contribution in [2.75, 3.05) is 11.9 Å². The minimum absolute atomic E-state index is 0.0199. The van der Waals surface area contributed by atoms with Crippen molar-refractivity contribution >= 4 is 28.5 Å². The van der Waals surface area contributed by atoms with E-state index in [4.69, 9.17) is 20.0 Å². The molecule has 1 aromatic heterocycles.